The number of hydrogen-bond donors (Lipinski definition) is 1. The molecular formula is C12H10FNO2S. The van der Waals surface area contributed by atoms with E-state index < -0.39 is 15.8 Å². The highest BCUT2D eigenvalue weighted by Crippen LogP contribution is 2.24. The highest BCUT2D eigenvalue weighted by atomic mass is 32.2. The van der Waals surface area contributed by atoms with E-state index in [1.807, 2.05) is 6.07 Å². The summed E-state index contributed by atoms with van der Waals surface area (Å²) in [6, 6.07) is 12.5. The van der Waals surface area contributed by atoms with Crippen LogP contribution in [0.2, 0.25) is 0 Å². The molecule has 0 fully saturated rings. The zero-order valence-corrected chi connectivity index (χ0v) is 9.62. The van der Waals surface area contributed by atoms with Crippen LogP contribution < -0.4 is 5.14 Å². The van der Waals surface area contributed by atoms with E-state index >= 15 is 0 Å². The predicted octanol–water partition coefficient (Wildman–Crippen LogP) is 2.14. The SMILES string of the molecule is NS(=O)(=O)c1ccc(-c2ccccc2)c(F)c1. The van der Waals surface area contributed by atoms with Gasteiger partial charge in [0.2, 0.25) is 10.0 Å². The van der Waals surface area contributed by atoms with E-state index in [1.165, 1.54) is 12.1 Å². The Labute approximate surface area is 98.8 Å². The molecule has 0 saturated carbocycles. The largest absolute Gasteiger partial charge is 0.238 e. The molecule has 0 bridgehead atoms. The molecule has 2 aromatic carbocycles. The first-order valence-electron chi connectivity index (χ1n) is 4.86. The summed E-state index contributed by atoms with van der Waals surface area (Å²) in [6.45, 7) is 0. The first-order valence-corrected chi connectivity index (χ1v) is 6.41. The van der Waals surface area contributed by atoms with Gasteiger partial charge in [0.1, 0.15) is 5.82 Å². The van der Waals surface area contributed by atoms with Gasteiger partial charge < -0.3 is 0 Å². The molecule has 5 heteroatoms. The van der Waals surface area contributed by atoms with Crippen LogP contribution in [0.3, 0.4) is 0 Å². The van der Waals surface area contributed by atoms with Crippen LogP contribution in [0, 0.1) is 5.82 Å². The van der Waals surface area contributed by atoms with Crippen molar-refractivity contribution >= 4 is 10.0 Å². The minimum absolute atomic E-state index is 0.227. The van der Waals surface area contributed by atoms with Crippen LogP contribution in [0.5, 0.6) is 0 Å². The van der Waals surface area contributed by atoms with Crippen LogP contribution >= 0.6 is 0 Å². The van der Waals surface area contributed by atoms with Gasteiger partial charge in [-0.05, 0) is 17.7 Å². The molecule has 2 N–H and O–H groups in total. The van der Waals surface area contributed by atoms with Crippen molar-refractivity contribution in [3.8, 4) is 11.1 Å². The van der Waals surface area contributed by atoms with Crippen LogP contribution in [0.4, 0.5) is 4.39 Å². The highest BCUT2D eigenvalue weighted by molar-refractivity contribution is 7.89. The number of benzene rings is 2. The van der Waals surface area contributed by atoms with Gasteiger partial charge in [0.25, 0.3) is 0 Å². The van der Waals surface area contributed by atoms with Crippen molar-refractivity contribution < 1.29 is 12.8 Å². The van der Waals surface area contributed by atoms with Gasteiger partial charge in [0.15, 0.2) is 0 Å². The Balaban J connectivity index is 2.54. The fourth-order valence-corrected chi connectivity index (χ4v) is 2.05. The summed E-state index contributed by atoms with van der Waals surface area (Å²) in [6.07, 6.45) is 0. The maximum absolute atomic E-state index is 13.7. The zero-order chi connectivity index (χ0) is 12.5. The van der Waals surface area contributed by atoms with Crippen molar-refractivity contribution in [3.05, 3.63) is 54.3 Å². The topological polar surface area (TPSA) is 60.2 Å². The summed E-state index contributed by atoms with van der Waals surface area (Å²) in [5.74, 6) is -0.609. The number of hydrogen-bond acceptors (Lipinski definition) is 2. The monoisotopic (exact) mass is 251 g/mol. The Morgan fingerprint density at radius 1 is 1.00 bits per heavy atom. The number of primary sulfonamides is 1. The third-order valence-corrected chi connectivity index (χ3v) is 3.26. The Kier molecular flexibility index (Phi) is 2.95. The average Bonchev–Trinajstić information content (AvgIpc) is 2.29. The fraction of sp³-hybridized carbons (Fsp3) is 0. The van der Waals surface area contributed by atoms with E-state index in [4.69, 9.17) is 5.14 Å². The van der Waals surface area contributed by atoms with Crippen molar-refractivity contribution in [2.45, 2.75) is 4.90 Å². The third-order valence-electron chi connectivity index (χ3n) is 2.35. The zero-order valence-electron chi connectivity index (χ0n) is 8.80. The minimum atomic E-state index is -3.86. The molecule has 0 heterocycles. The molecule has 0 unspecified atom stereocenters. The molecule has 3 nitrogen and oxygen atoms in total. The van der Waals surface area contributed by atoms with Crippen LogP contribution in [0.25, 0.3) is 11.1 Å². The van der Waals surface area contributed by atoms with Crippen molar-refractivity contribution in [3.63, 3.8) is 0 Å². The van der Waals surface area contributed by atoms with E-state index in [2.05, 4.69) is 0 Å². The Bertz CT molecular complexity index is 639. The second kappa shape index (κ2) is 4.27. The normalized spacial score (nSPS) is 11.4. The van der Waals surface area contributed by atoms with Gasteiger partial charge in [0, 0.05) is 5.56 Å². The number of nitrogens with two attached hydrogens (primary N) is 1. The smallest absolute Gasteiger partial charge is 0.225 e. The van der Waals surface area contributed by atoms with Gasteiger partial charge in [-0.3, -0.25) is 0 Å². The number of sulfonamides is 1. The third kappa shape index (κ3) is 2.51. The van der Waals surface area contributed by atoms with Gasteiger partial charge in [-0.2, -0.15) is 0 Å². The van der Waals surface area contributed by atoms with E-state index in [-0.39, 0.29) is 4.90 Å². The molecule has 0 amide bonds. The van der Waals surface area contributed by atoms with Gasteiger partial charge in [-0.1, -0.05) is 36.4 Å². The quantitative estimate of drug-likeness (QED) is 0.888. The van der Waals surface area contributed by atoms with Gasteiger partial charge in [-0.25, -0.2) is 17.9 Å². The Morgan fingerprint density at radius 3 is 2.18 bits per heavy atom. The Hall–Kier alpha value is -1.72. The minimum Gasteiger partial charge on any atom is -0.225 e. The lowest BCUT2D eigenvalue weighted by Gasteiger charge is -2.05. The lowest BCUT2D eigenvalue weighted by Crippen LogP contribution is -2.12. The first kappa shape index (κ1) is 11.8. The lowest BCUT2D eigenvalue weighted by atomic mass is 10.1. The van der Waals surface area contributed by atoms with Crippen LogP contribution in [0.15, 0.2) is 53.4 Å². The Morgan fingerprint density at radius 2 is 1.65 bits per heavy atom. The molecule has 17 heavy (non-hydrogen) atoms. The fourth-order valence-electron chi connectivity index (χ4n) is 1.52. The second-order valence-corrected chi connectivity index (χ2v) is 5.11. The predicted molar refractivity (Wildman–Crippen MR) is 63.2 cm³/mol. The average molecular weight is 251 g/mol. The van der Waals surface area contributed by atoms with Gasteiger partial charge in [-0.15, -0.1) is 0 Å². The number of rotatable bonds is 2. The van der Waals surface area contributed by atoms with Gasteiger partial charge in [0.05, 0.1) is 4.90 Å². The number of halogens is 1. The van der Waals surface area contributed by atoms with E-state index in [0.29, 0.717) is 11.1 Å². The molecule has 0 aliphatic rings. The van der Waals surface area contributed by atoms with Gasteiger partial charge >= 0.3 is 0 Å². The molecule has 0 atom stereocenters. The highest BCUT2D eigenvalue weighted by Gasteiger charge is 2.12. The van der Waals surface area contributed by atoms with E-state index in [0.717, 1.165) is 6.07 Å². The van der Waals surface area contributed by atoms with Crippen LogP contribution in [-0.4, -0.2) is 8.42 Å². The first-order chi connectivity index (χ1) is 7.98. The van der Waals surface area contributed by atoms with E-state index in [9.17, 15) is 12.8 Å². The van der Waals surface area contributed by atoms with Crippen LogP contribution in [-0.2, 0) is 10.0 Å². The summed E-state index contributed by atoms with van der Waals surface area (Å²) in [7, 11) is -3.86. The summed E-state index contributed by atoms with van der Waals surface area (Å²) in [4.78, 5) is -0.227. The molecule has 0 aliphatic carbocycles. The molecule has 0 radical (unpaired) electrons. The molecule has 2 aromatic rings. The van der Waals surface area contributed by atoms with E-state index in [1.54, 1.807) is 24.3 Å². The molecule has 0 saturated heterocycles. The van der Waals surface area contributed by atoms with Crippen molar-refractivity contribution in [1.82, 2.24) is 0 Å². The molecule has 2 rings (SSSR count). The van der Waals surface area contributed by atoms with Crippen LogP contribution in [0.1, 0.15) is 0 Å². The van der Waals surface area contributed by atoms with Crippen molar-refractivity contribution in [2.75, 3.05) is 0 Å². The molecule has 0 aliphatic heterocycles. The summed E-state index contributed by atoms with van der Waals surface area (Å²) in [5, 5.41) is 4.92. The lowest BCUT2D eigenvalue weighted by molar-refractivity contribution is 0.593. The maximum Gasteiger partial charge on any atom is 0.238 e. The standard InChI is InChI=1S/C12H10FNO2S/c13-12-8-10(17(14,15)16)6-7-11(12)9-4-2-1-3-5-9/h1-8H,(H2,14,15,16). The molecular weight excluding hydrogens is 241 g/mol. The summed E-state index contributed by atoms with van der Waals surface area (Å²) < 4.78 is 35.8. The molecule has 88 valence electrons. The molecule has 0 spiro atoms. The van der Waals surface area contributed by atoms with Crippen molar-refractivity contribution in [2.24, 2.45) is 5.14 Å². The second-order valence-electron chi connectivity index (χ2n) is 3.55. The molecule has 0 aromatic heterocycles. The summed E-state index contributed by atoms with van der Waals surface area (Å²) in [5.41, 5.74) is 1.03. The summed E-state index contributed by atoms with van der Waals surface area (Å²) >= 11 is 0. The maximum atomic E-state index is 13.7. The van der Waals surface area contributed by atoms with Crippen molar-refractivity contribution in [1.29, 1.82) is 0 Å².